The normalized spacial score (nSPS) is 31.0. The molecule has 14 heavy (non-hydrogen) atoms. The van der Waals surface area contributed by atoms with Crippen molar-refractivity contribution in [3.05, 3.63) is 12.4 Å². The minimum absolute atomic E-state index is 0.383. The molecule has 1 saturated heterocycles. The fourth-order valence-corrected chi connectivity index (χ4v) is 1.43. The summed E-state index contributed by atoms with van der Waals surface area (Å²) in [6.45, 7) is 5.82. The number of aromatic nitrogens is 2. The van der Waals surface area contributed by atoms with Crippen LogP contribution in [0.25, 0.3) is 0 Å². The van der Waals surface area contributed by atoms with Crippen LogP contribution in [0.5, 0.6) is 0 Å². The van der Waals surface area contributed by atoms with Gasteiger partial charge in [-0.3, -0.25) is 5.10 Å². The number of hydrogen-bond acceptors (Lipinski definition) is 4. The summed E-state index contributed by atoms with van der Waals surface area (Å²) in [6, 6.07) is 0. The first-order valence-electron chi connectivity index (χ1n) is 4.49. The fourth-order valence-electron chi connectivity index (χ4n) is 1.28. The molecule has 0 spiro atoms. The van der Waals surface area contributed by atoms with Gasteiger partial charge in [-0.1, -0.05) is 0 Å². The zero-order valence-electron chi connectivity index (χ0n) is 8.44. The maximum Gasteiger partial charge on any atom is 0.498 e. The lowest BCUT2D eigenvalue weighted by Crippen LogP contribution is -2.39. The van der Waals surface area contributed by atoms with Crippen molar-refractivity contribution in [1.29, 1.82) is 0 Å². The molecule has 1 aromatic rings. The Kier molecular flexibility index (Phi) is 2.17. The van der Waals surface area contributed by atoms with Gasteiger partial charge in [-0.25, -0.2) is 0 Å². The Bertz CT molecular complexity index is 310. The van der Waals surface area contributed by atoms with Crippen LogP contribution >= 0.6 is 12.6 Å². The van der Waals surface area contributed by atoms with Crippen LogP contribution in [0.1, 0.15) is 20.8 Å². The van der Waals surface area contributed by atoms with Gasteiger partial charge >= 0.3 is 7.12 Å². The number of nitrogens with one attached hydrogen (secondary N) is 1. The predicted octanol–water partition coefficient (Wildman–Crippen LogP) is 0.576. The molecule has 2 rings (SSSR count). The molecule has 0 bridgehead atoms. The summed E-state index contributed by atoms with van der Waals surface area (Å²) in [5, 5.41) is 6.58. The zero-order valence-corrected chi connectivity index (χ0v) is 9.34. The molecule has 2 heterocycles. The Morgan fingerprint density at radius 2 is 2.14 bits per heavy atom. The average Bonchev–Trinajstić information content (AvgIpc) is 2.58. The smallest absolute Gasteiger partial charge is 0.398 e. The third-order valence-electron chi connectivity index (χ3n) is 2.65. The van der Waals surface area contributed by atoms with Crippen LogP contribution in [0.15, 0.2) is 12.4 Å². The molecule has 76 valence electrons. The van der Waals surface area contributed by atoms with E-state index in [-0.39, 0.29) is 7.12 Å². The second-order valence-electron chi connectivity index (χ2n) is 4.09. The van der Waals surface area contributed by atoms with Gasteiger partial charge in [-0.15, -0.1) is 12.6 Å². The minimum Gasteiger partial charge on any atom is -0.398 e. The van der Waals surface area contributed by atoms with E-state index in [1.807, 2.05) is 20.8 Å². The zero-order chi connectivity index (χ0) is 10.4. The summed E-state index contributed by atoms with van der Waals surface area (Å²) < 4.78 is 11.4. The fraction of sp³-hybridized carbons (Fsp3) is 0.625. The van der Waals surface area contributed by atoms with Gasteiger partial charge in [0.25, 0.3) is 0 Å². The van der Waals surface area contributed by atoms with Gasteiger partial charge in [0.2, 0.25) is 0 Å². The molecule has 4 nitrogen and oxygen atoms in total. The molecule has 1 fully saturated rings. The molecular formula is C8H13BN2O2S. The van der Waals surface area contributed by atoms with Crippen LogP contribution in [0, 0.1) is 0 Å². The van der Waals surface area contributed by atoms with E-state index in [0.717, 1.165) is 5.46 Å². The van der Waals surface area contributed by atoms with Gasteiger partial charge in [-0.05, 0) is 20.8 Å². The summed E-state index contributed by atoms with van der Waals surface area (Å²) in [5.41, 5.74) is 0.466. The van der Waals surface area contributed by atoms with Crippen molar-refractivity contribution in [1.82, 2.24) is 10.2 Å². The molecule has 1 aromatic heterocycles. The van der Waals surface area contributed by atoms with Crippen molar-refractivity contribution in [2.45, 2.75) is 31.3 Å². The summed E-state index contributed by atoms with van der Waals surface area (Å²) in [7, 11) is -0.383. The van der Waals surface area contributed by atoms with Crippen LogP contribution in [-0.4, -0.2) is 27.8 Å². The van der Waals surface area contributed by atoms with Crippen LogP contribution in [0.4, 0.5) is 0 Å². The molecule has 1 unspecified atom stereocenters. The SMILES string of the molecule is CC1(C)OB(c2cn[nH]c2)OC1(C)S. The number of H-pyrrole nitrogens is 1. The first-order chi connectivity index (χ1) is 6.42. The molecule has 0 aromatic carbocycles. The van der Waals surface area contributed by atoms with Gasteiger partial charge in [0, 0.05) is 17.9 Å². The lowest BCUT2D eigenvalue weighted by Gasteiger charge is -2.31. The highest BCUT2D eigenvalue weighted by molar-refractivity contribution is 7.81. The van der Waals surface area contributed by atoms with Crippen molar-refractivity contribution in [3.8, 4) is 0 Å². The summed E-state index contributed by atoms with van der Waals surface area (Å²) in [4.78, 5) is -0.588. The number of thiol groups is 1. The molecule has 0 amide bonds. The summed E-state index contributed by atoms with van der Waals surface area (Å²) in [5.74, 6) is 0. The molecule has 1 aliphatic rings. The van der Waals surface area contributed by atoms with E-state index in [1.165, 1.54) is 0 Å². The highest BCUT2D eigenvalue weighted by atomic mass is 32.1. The van der Waals surface area contributed by atoms with Gasteiger partial charge in [0.15, 0.2) is 0 Å². The highest BCUT2D eigenvalue weighted by Crippen LogP contribution is 2.39. The van der Waals surface area contributed by atoms with Gasteiger partial charge in [0.05, 0.1) is 5.60 Å². The van der Waals surface area contributed by atoms with Crippen LogP contribution in [0.2, 0.25) is 0 Å². The largest absolute Gasteiger partial charge is 0.498 e. The Labute approximate surface area is 88.9 Å². The number of nitrogens with zero attached hydrogens (tertiary/aromatic N) is 1. The van der Waals surface area contributed by atoms with Crippen molar-refractivity contribution < 1.29 is 9.31 Å². The molecule has 0 saturated carbocycles. The van der Waals surface area contributed by atoms with E-state index >= 15 is 0 Å². The van der Waals surface area contributed by atoms with Crippen molar-refractivity contribution in [2.24, 2.45) is 0 Å². The third-order valence-corrected chi connectivity index (χ3v) is 3.29. The Morgan fingerprint density at radius 1 is 1.43 bits per heavy atom. The molecule has 6 heteroatoms. The Morgan fingerprint density at radius 3 is 2.57 bits per heavy atom. The van der Waals surface area contributed by atoms with E-state index in [0.29, 0.717) is 0 Å². The standard InChI is InChI=1S/C8H13BN2O2S/c1-7(2)8(3,14)13-9(12-7)6-4-10-11-5-6/h4-5,14H,1-3H3,(H,10,11). The van der Waals surface area contributed by atoms with Crippen LogP contribution in [0.3, 0.4) is 0 Å². The third kappa shape index (κ3) is 1.47. The van der Waals surface area contributed by atoms with Crippen LogP contribution in [-0.2, 0) is 9.31 Å². The first-order valence-corrected chi connectivity index (χ1v) is 4.94. The van der Waals surface area contributed by atoms with Gasteiger partial charge < -0.3 is 9.31 Å². The van der Waals surface area contributed by atoms with E-state index in [9.17, 15) is 0 Å². The number of hydrogen-bond donors (Lipinski definition) is 2. The summed E-state index contributed by atoms with van der Waals surface area (Å²) >= 11 is 4.44. The maximum absolute atomic E-state index is 5.75. The monoisotopic (exact) mass is 212 g/mol. The minimum atomic E-state index is -0.588. The molecule has 1 aliphatic heterocycles. The van der Waals surface area contributed by atoms with E-state index in [4.69, 9.17) is 9.31 Å². The van der Waals surface area contributed by atoms with Crippen molar-refractivity contribution >= 4 is 25.2 Å². The second kappa shape index (κ2) is 3.02. The molecule has 0 aliphatic carbocycles. The number of aromatic amines is 1. The first kappa shape index (κ1) is 10.1. The van der Waals surface area contributed by atoms with Crippen molar-refractivity contribution in [2.75, 3.05) is 0 Å². The predicted molar refractivity (Wildman–Crippen MR) is 57.6 cm³/mol. The van der Waals surface area contributed by atoms with Crippen LogP contribution < -0.4 is 5.46 Å². The number of rotatable bonds is 1. The van der Waals surface area contributed by atoms with E-state index < -0.39 is 10.5 Å². The topological polar surface area (TPSA) is 47.1 Å². The highest BCUT2D eigenvalue weighted by Gasteiger charge is 2.52. The lowest BCUT2D eigenvalue weighted by atomic mass is 9.82. The van der Waals surface area contributed by atoms with Crippen molar-refractivity contribution in [3.63, 3.8) is 0 Å². The Hall–Kier alpha value is -0.455. The lowest BCUT2D eigenvalue weighted by molar-refractivity contribution is 0.0619. The average molecular weight is 212 g/mol. The Balaban J connectivity index is 2.22. The maximum atomic E-state index is 5.75. The molecule has 1 N–H and O–H groups in total. The molecular weight excluding hydrogens is 199 g/mol. The molecule has 1 atom stereocenters. The van der Waals surface area contributed by atoms with E-state index in [1.54, 1.807) is 12.4 Å². The van der Waals surface area contributed by atoms with E-state index in [2.05, 4.69) is 22.8 Å². The van der Waals surface area contributed by atoms with Gasteiger partial charge in [-0.2, -0.15) is 5.10 Å². The summed E-state index contributed by atoms with van der Waals surface area (Å²) in [6.07, 6.45) is 3.45. The quantitative estimate of drug-likeness (QED) is 0.528. The second-order valence-corrected chi connectivity index (χ2v) is 4.95. The van der Waals surface area contributed by atoms with Gasteiger partial charge in [0.1, 0.15) is 4.93 Å². The molecule has 0 radical (unpaired) electrons.